The van der Waals surface area contributed by atoms with E-state index >= 15 is 0 Å². The maximum absolute atomic E-state index is 12.7. The molecule has 0 bridgehead atoms. The Morgan fingerprint density at radius 1 is 1.35 bits per heavy atom. The molecular formula is C17H19N5O. The van der Waals surface area contributed by atoms with Crippen LogP contribution < -0.4 is 16.0 Å². The Hall–Kier alpha value is -2.47. The van der Waals surface area contributed by atoms with Crippen LogP contribution in [0.15, 0.2) is 30.6 Å². The van der Waals surface area contributed by atoms with Gasteiger partial charge >= 0.3 is 0 Å². The van der Waals surface area contributed by atoms with E-state index in [4.69, 9.17) is 5.73 Å². The van der Waals surface area contributed by atoms with Crippen molar-refractivity contribution in [2.24, 2.45) is 0 Å². The van der Waals surface area contributed by atoms with Crippen LogP contribution in [0.25, 0.3) is 11.3 Å². The van der Waals surface area contributed by atoms with Gasteiger partial charge in [0.15, 0.2) is 0 Å². The summed E-state index contributed by atoms with van der Waals surface area (Å²) in [5.41, 5.74) is 9.67. The number of carbonyl (C=O) groups excluding carboxylic acids is 1. The summed E-state index contributed by atoms with van der Waals surface area (Å²) in [5.74, 6) is 0.582. The molecule has 4 rings (SSSR count). The molecule has 2 aliphatic heterocycles. The minimum absolute atomic E-state index is 0.0447. The SMILES string of the molecule is Nc1cncc(-c2cccc3c2CCN3C(=O)C2CCCN2)n1. The number of benzene rings is 1. The molecule has 1 aromatic carbocycles. The van der Waals surface area contributed by atoms with Crippen LogP contribution in [0.4, 0.5) is 11.5 Å². The van der Waals surface area contributed by atoms with Gasteiger partial charge in [-0.2, -0.15) is 0 Å². The molecule has 6 nitrogen and oxygen atoms in total. The van der Waals surface area contributed by atoms with Crippen LogP contribution in [0.2, 0.25) is 0 Å². The number of aromatic nitrogens is 2. The first-order valence-corrected chi connectivity index (χ1v) is 7.98. The number of carbonyl (C=O) groups is 1. The summed E-state index contributed by atoms with van der Waals surface area (Å²) in [5, 5.41) is 3.29. The van der Waals surface area contributed by atoms with Gasteiger partial charge in [0.2, 0.25) is 5.91 Å². The normalized spacial score (nSPS) is 19.8. The van der Waals surface area contributed by atoms with Gasteiger partial charge in [0.25, 0.3) is 0 Å². The van der Waals surface area contributed by atoms with Crippen LogP contribution in [-0.2, 0) is 11.2 Å². The van der Waals surface area contributed by atoms with Crippen molar-refractivity contribution in [3.8, 4) is 11.3 Å². The third kappa shape index (κ3) is 2.45. The lowest BCUT2D eigenvalue weighted by molar-refractivity contribution is -0.120. The molecule has 1 amide bonds. The minimum atomic E-state index is -0.0447. The van der Waals surface area contributed by atoms with Crippen LogP contribution in [0, 0.1) is 0 Å². The summed E-state index contributed by atoms with van der Waals surface area (Å²) in [6.07, 6.45) is 6.07. The van der Waals surface area contributed by atoms with Crippen LogP contribution in [0.1, 0.15) is 18.4 Å². The first-order valence-electron chi connectivity index (χ1n) is 7.98. The zero-order valence-electron chi connectivity index (χ0n) is 12.8. The number of fused-ring (bicyclic) bond motifs is 1. The molecule has 118 valence electrons. The van der Waals surface area contributed by atoms with E-state index in [1.165, 1.54) is 6.20 Å². The number of anilines is 2. The molecule has 2 aromatic rings. The Kier molecular flexibility index (Phi) is 3.46. The molecule has 1 saturated heterocycles. The molecule has 0 radical (unpaired) electrons. The first kappa shape index (κ1) is 14.1. The van der Waals surface area contributed by atoms with Crippen molar-refractivity contribution in [2.45, 2.75) is 25.3 Å². The van der Waals surface area contributed by atoms with E-state index < -0.39 is 0 Å². The van der Waals surface area contributed by atoms with Crippen molar-refractivity contribution in [2.75, 3.05) is 23.7 Å². The number of amides is 1. The molecule has 3 N–H and O–H groups in total. The Labute approximate surface area is 134 Å². The number of nitrogens with one attached hydrogen (secondary N) is 1. The van der Waals surface area contributed by atoms with Gasteiger partial charge in [0.1, 0.15) is 5.82 Å². The van der Waals surface area contributed by atoms with Gasteiger partial charge in [0.05, 0.1) is 24.1 Å². The third-order valence-electron chi connectivity index (χ3n) is 4.58. The quantitative estimate of drug-likeness (QED) is 0.875. The molecule has 0 saturated carbocycles. The highest BCUT2D eigenvalue weighted by atomic mass is 16.2. The van der Waals surface area contributed by atoms with Gasteiger partial charge in [-0.3, -0.25) is 9.78 Å². The maximum Gasteiger partial charge on any atom is 0.244 e. The number of nitrogens with two attached hydrogens (primary N) is 1. The van der Waals surface area contributed by atoms with Gasteiger partial charge in [-0.05, 0) is 37.4 Å². The number of nitrogens with zero attached hydrogens (tertiary/aromatic N) is 3. The van der Waals surface area contributed by atoms with Gasteiger partial charge in [0, 0.05) is 17.8 Å². The molecule has 1 fully saturated rings. The summed E-state index contributed by atoms with van der Waals surface area (Å²) in [6, 6.07) is 5.95. The van der Waals surface area contributed by atoms with Crippen molar-refractivity contribution < 1.29 is 4.79 Å². The minimum Gasteiger partial charge on any atom is -0.382 e. The average molecular weight is 309 g/mol. The van der Waals surface area contributed by atoms with Crippen molar-refractivity contribution in [3.05, 3.63) is 36.2 Å². The molecule has 0 aliphatic carbocycles. The topological polar surface area (TPSA) is 84.1 Å². The third-order valence-corrected chi connectivity index (χ3v) is 4.58. The fourth-order valence-corrected chi connectivity index (χ4v) is 3.50. The van der Waals surface area contributed by atoms with E-state index in [0.29, 0.717) is 5.82 Å². The van der Waals surface area contributed by atoms with E-state index in [-0.39, 0.29) is 11.9 Å². The van der Waals surface area contributed by atoms with E-state index in [9.17, 15) is 4.79 Å². The lowest BCUT2D eigenvalue weighted by Crippen LogP contribution is -2.42. The molecule has 3 heterocycles. The van der Waals surface area contributed by atoms with Gasteiger partial charge in [-0.1, -0.05) is 12.1 Å². The van der Waals surface area contributed by atoms with E-state index in [0.717, 1.165) is 54.9 Å². The van der Waals surface area contributed by atoms with Crippen molar-refractivity contribution in [1.82, 2.24) is 15.3 Å². The highest BCUT2D eigenvalue weighted by Gasteiger charge is 2.32. The molecule has 0 spiro atoms. The predicted octanol–water partition coefficient (Wildman–Crippen LogP) is 1.37. The van der Waals surface area contributed by atoms with Crippen LogP contribution in [0.3, 0.4) is 0 Å². The molecule has 23 heavy (non-hydrogen) atoms. The van der Waals surface area contributed by atoms with Crippen molar-refractivity contribution in [3.63, 3.8) is 0 Å². The van der Waals surface area contributed by atoms with Gasteiger partial charge < -0.3 is 16.0 Å². The summed E-state index contributed by atoms with van der Waals surface area (Å²) in [4.78, 5) is 23.1. The Morgan fingerprint density at radius 3 is 3.04 bits per heavy atom. The second-order valence-corrected chi connectivity index (χ2v) is 6.02. The standard InChI is InChI=1S/C17H19N5O/c18-16-10-19-9-14(21-16)11-3-1-5-15-12(11)6-8-22(15)17(23)13-4-2-7-20-13/h1,3,5,9-10,13,20H,2,4,6-8H2,(H2,18,21). The zero-order valence-corrected chi connectivity index (χ0v) is 12.8. The molecule has 2 aliphatic rings. The Balaban J connectivity index is 1.70. The molecule has 1 unspecified atom stereocenters. The van der Waals surface area contributed by atoms with Crippen LogP contribution >= 0.6 is 0 Å². The molecule has 1 atom stereocenters. The fourth-order valence-electron chi connectivity index (χ4n) is 3.50. The lowest BCUT2D eigenvalue weighted by Gasteiger charge is -2.21. The molecule has 1 aromatic heterocycles. The fraction of sp³-hybridized carbons (Fsp3) is 0.353. The highest BCUT2D eigenvalue weighted by molar-refractivity contribution is 6.00. The summed E-state index contributed by atoms with van der Waals surface area (Å²) in [6.45, 7) is 1.65. The smallest absolute Gasteiger partial charge is 0.244 e. The van der Waals surface area contributed by atoms with Crippen molar-refractivity contribution >= 4 is 17.4 Å². The highest BCUT2D eigenvalue weighted by Crippen LogP contribution is 2.36. The predicted molar refractivity (Wildman–Crippen MR) is 89.0 cm³/mol. The summed E-state index contributed by atoms with van der Waals surface area (Å²) in [7, 11) is 0. The Morgan fingerprint density at radius 2 is 2.26 bits per heavy atom. The number of nitrogen functional groups attached to an aromatic ring is 1. The number of hydrogen-bond acceptors (Lipinski definition) is 5. The molecule has 6 heteroatoms. The van der Waals surface area contributed by atoms with E-state index in [1.54, 1.807) is 6.20 Å². The van der Waals surface area contributed by atoms with Gasteiger partial charge in [-0.15, -0.1) is 0 Å². The second-order valence-electron chi connectivity index (χ2n) is 6.02. The monoisotopic (exact) mass is 309 g/mol. The average Bonchev–Trinajstić information content (AvgIpc) is 3.23. The van der Waals surface area contributed by atoms with Crippen molar-refractivity contribution in [1.29, 1.82) is 0 Å². The van der Waals surface area contributed by atoms with E-state index in [1.807, 2.05) is 23.1 Å². The Bertz CT molecular complexity index is 754. The van der Waals surface area contributed by atoms with Crippen LogP contribution in [-0.4, -0.2) is 35.0 Å². The zero-order chi connectivity index (χ0) is 15.8. The largest absolute Gasteiger partial charge is 0.382 e. The summed E-state index contributed by atoms with van der Waals surface area (Å²) >= 11 is 0. The second kappa shape index (κ2) is 5.62. The van der Waals surface area contributed by atoms with Crippen LogP contribution in [0.5, 0.6) is 0 Å². The first-order chi connectivity index (χ1) is 11.2. The number of hydrogen-bond donors (Lipinski definition) is 2. The maximum atomic E-state index is 12.7. The summed E-state index contributed by atoms with van der Waals surface area (Å²) < 4.78 is 0. The lowest BCUT2D eigenvalue weighted by atomic mass is 10.0. The van der Waals surface area contributed by atoms with Gasteiger partial charge in [-0.25, -0.2) is 4.98 Å². The van der Waals surface area contributed by atoms with E-state index in [2.05, 4.69) is 15.3 Å². The molecular weight excluding hydrogens is 290 g/mol. The number of rotatable bonds is 2.